The van der Waals surface area contributed by atoms with Crippen LogP contribution >= 0.6 is 27.3 Å². The molecule has 0 unspecified atom stereocenters. The molecule has 0 bridgehead atoms. The molecule has 0 aromatic carbocycles. The van der Waals surface area contributed by atoms with Gasteiger partial charge in [0.05, 0.1) is 3.79 Å². The Balaban J connectivity index is 1.81. The first-order valence-electron chi connectivity index (χ1n) is 4.34. The zero-order chi connectivity index (χ0) is 9.26. The van der Waals surface area contributed by atoms with E-state index in [0.717, 1.165) is 19.6 Å². The monoisotopic (exact) mass is 261 g/mol. The minimum absolute atomic E-state index is 0.337. The Morgan fingerprint density at radius 3 is 2.92 bits per heavy atom. The van der Waals surface area contributed by atoms with Crippen molar-refractivity contribution in [1.82, 2.24) is 4.90 Å². The maximum Gasteiger partial charge on any atom is 0.0701 e. The van der Waals surface area contributed by atoms with E-state index in [0.29, 0.717) is 12.5 Å². The van der Waals surface area contributed by atoms with Crippen molar-refractivity contribution in [1.29, 1.82) is 0 Å². The molecule has 1 aliphatic rings. The number of rotatable bonds is 3. The Kier molecular flexibility index (Phi) is 3.03. The van der Waals surface area contributed by atoms with Gasteiger partial charge in [-0.15, -0.1) is 11.3 Å². The van der Waals surface area contributed by atoms with Gasteiger partial charge in [-0.05, 0) is 32.9 Å². The van der Waals surface area contributed by atoms with E-state index in [2.05, 4.69) is 32.3 Å². The van der Waals surface area contributed by atoms with Gasteiger partial charge in [0.15, 0.2) is 0 Å². The van der Waals surface area contributed by atoms with E-state index >= 15 is 0 Å². The van der Waals surface area contributed by atoms with Gasteiger partial charge in [0.25, 0.3) is 0 Å². The zero-order valence-corrected chi connectivity index (χ0v) is 9.64. The number of aliphatic hydroxyl groups excluding tert-OH is 1. The molecule has 1 saturated heterocycles. The molecule has 1 aromatic heterocycles. The highest BCUT2D eigenvalue weighted by Crippen LogP contribution is 2.24. The van der Waals surface area contributed by atoms with Crippen LogP contribution in [0.5, 0.6) is 0 Å². The fourth-order valence-corrected chi connectivity index (χ4v) is 2.81. The van der Waals surface area contributed by atoms with E-state index in [4.69, 9.17) is 5.11 Å². The molecule has 1 N–H and O–H groups in total. The van der Waals surface area contributed by atoms with Gasteiger partial charge in [0, 0.05) is 32.2 Å². The summed E-state index contributed by atoms with van der Waals surface area (Å²) in [5.41, 5.74) is 1.37. The van der Waals surface area contributed by atoms with Crippen LogP contribution in [-0.4, -0.2) is 29.7 Å². The van der Waals surface area contributed by atoms with Gasteiger partial charge in [-0.3, -0.25) is 4.90 Å². The second-order valence-electron chi connectivity index (χ2n) is 3.50. The fraction of sp³-hybridized carbons (Fsp3) is 0.556. The molecule has 72 valence electrons. The minimum atomic E-state index is 0.337. The van der Waals surface area contributed by atoms with Crippen molar-refractivity contribution >= 4 is 27.3 Å². The summed E-state index contributed by atoms with van der Waals surface area (Å²) in [6, 6.07) is 2.16. The third-order valence-electron chi connectivity index (χ3n) is 2.32. The van der Waals surface area contributed by atoms with Crippen LogP contribution in [0.4, 0.5) is 0 Å². The number of halogens is 1. The molecule has 0 amide bonds. The lowest BCUT2D eigenvalue weighted by Crippen LogP contribution is -2.47. The average Bonchev–Trinajstić information content (AvgIpc) is 2.43. The molecule has 0 spiro atoms. The van der Waals surface area contributed by atoms with Crippen LogP contribution in [0.25, 0.3) is 0 Å². The highest BCUT2D eigenvalue weighted by molar-refractivity contribution is 9.11. The normalized spacial score (nSPS) is 18.9. The summed E-state index contributed by atoms with van der Waals surface area (Å²) >= 11 is 5.18. The van der Waals surface area contributed by atoms with Crippen molar-refractivity contribution in [2.75, 3.05) is 19.7 Å². The van der Waals surface area contributed by atoms with Crippen LogP contribution < -0.4 is 0 Å². The predicted molar refractivity (Wildman–Crippen MR) is 57.9 cm³/mol. The van der Waals surface area contributed by atoms with Crippen molar-refractivity contribution in [2.45, 2.75) is 6.54 Å². The third kappa shape index (κ3) is 2.31. The van der Waals surface area contributed by atoms with Crippen molar-refractivity contribution < 1.29 is 5.11 Å². The molecule has 2 rings (SSSR count). The summed E-state index contributed by atoms with van der Waals surface area (Å²) in [6.07, 6.45) is 0. The lowest BCUT2D eigenvalue weighted by atomic mass is 10.0. The van der Waals surface area contributed by atoms with Crippen LogP contribution in [0.1, 0.15) is 5.56 Å². The van der Waals surface area contributed by atoms with Gasteiger partial charge < -0.3 is 5.11 Å². The number of nitrogens with zero attached hydrogens (tertiary/aromatic N) is 1. The van der Waals surface area contributed by atoms with Gasteiger partial charge in [-0.2, -0.15) is 0 Å². The first-order valence-corrected chi connectivity index (χ1v) is 6.01. The molecule has 1 aromatic rings. The van der Waals surface area contributed by atoms with Crippen LogP contribution in [0.3, 0.4) is 0 Å². The van der Waals surface area contributed by atoms with E-state index in [1.54, 1.807) is 11.3 Å². The second kappa shape index (κ2) is 4.09. The first kappa shape index (κ1) is 9.65. The third-order valence-corrected chi connectivity index (χ3v) is 3.87. The van der Waals surface area contributed by atoms with Crippen molar-refractivity contribution in [3.8, 4) is 0 Å². The van der Waals surface area contributed by atoms with Crippen molar-refractivity contribution in [3.63, 3.8) is 0 Å². The smallest absolute Gasteiger partial charge is 0.0701 e. The Hall–Kier alpha value is 0.100. The number of hydrogen-bond acceptors (Lipinski definition) is 3. The van der Waals surface area contributed by atoms with Gasteiger partial charge >= 0.3 is 0 Å². The van der Waals surface area contributed by atoms with Gasteiger partial charge in [0.2, 0.25) is 0 Å². The van der Waals surface area contributed by atoms with E-state index in [-0.39, 0.29) is 0 Å². The van der Waals surface area contributed by atoms with Crippen LogP contribution in [0.2, 0.25) is 0 Å². The molecule has 1 aliphatic heterocycles. The molecular formula is C9H12BrNOS. The molecule has 0 atom stereocenters. The highest BCUT2D eigenvalue weighted by Gasteiger charge is 2.25. The molecule has 2 heterocycles. The van der Waals surface area contributed by atoms with Gasteiger partial charge in [0.1, 0.15) is 0 Å². The Morgan fingerprint density at radius 1 is 1.62 bits per heavy atom. The summed E-state index contributed by atoms with van der Waals surface area (Å²) in [5.74, 6) is 0.516. The molecule has 0 saturated carbocycles. The summed E-state index contributed by atoms with van der Waals surface area (Å²) in [4.78, 5) is 2.36. The minimum Gasteiger partial charge on any atom is -0.396 e. The summed E-state index contributed by atoms with van der Waals surface area (Å²) in [6.45, 7) is 3.45. The van der Waals surface area contributed by atoms with Crippen LogP contribution in [-0.2, 0) is 6.54 Å². The van der Waals surface area contributed by atoms with Crippen LogP contribution in [0.15, 0.2) is 15.2 Å². The number of aliphatic hydroxyl groups is 1. The molecule has 0 aliphatic carbocycles. The van der Waals surface area contributed by atoms with Crippen LogP contribution in [0, 0.1) is 5.92 Å². The molecule has 2 nitrogen and oxygen atoms in total. The predicted octanol–water partition coefficient (Wildman–Crippen LogP) is 1.93. The van der Waals surface area contributed by atoms with E-state index < -0.39 is 0 Å². The Labute approximate surface area is 90.3 Å². The second-order valence-corrected chi connectivity index (χ2v) is 5.79. The SMILES string of the molecule is OCC1CN(Cc2csc(Br)c2)C1. The van der Waals surface area contributed by atoms with Crippen molar-refractivity contribution in [2.24, 2.45) is 5.92 Å². The molecule has 13 heavy (non-hydrogen) atoms. The summed E-state index contributed by atoms with van der Waals surface area (Å²) < 4.78 is 1.20. The van der Waals surface area contributed by atoms with Gasteiger partial charge in [-0.25, -0.2) is 0 Å². The fourth-order valence-electron chi connectivity index (χ4n) is 1.61. The first-order chi connectivity index (χ1) is 6.28. The summed E-state index contributed by atoms with van der Waals surface area (Å²) in [5, 5.41) is 11.0. The van der Waals surface area contributed by atoms with Gasteiger partial charge in [-0.1, -0.05) is 0 Å². The lowest BCUT2D eigenvalue weighted by molar-refractivity contribution is 0.0480. The maximum atomic E-state index is 8.84. The topological polar surface area (TPSA) is 23.5 Å². The quantitative estimate of drug-likeness (QED) is 0.899. The van der Waals surface area contributed by atoms with E-state index in [1.165, 1.54) is 9.35 Å². The van der Waals surface area contributed by atoms with E-state index in [1.807, 2.05) is 0 Å². The molecule has 4 heteroatoms. The standard InChI is InChI=1S/C9H12BrNOS/c10-9-1-7(6-13-9)2-11-3-8(4-11)5-12/h1,6,8,12H,2-5H2. The molecular weight excluding hydrogens is 250 g/mol. The van der Waals surface area contributed by atoms with Crippen molar-refractivity contribution in [3.05, 3.63) is 20.8 Å². The largest absolute Gasteiger partial charge is 0.396 e. The Morgan fingerprint density at radius 2 is 2.38 bits per heavy atom. The molecule has 1 fully saturated rings. The zero-order valence-electron chi connectivity index (χ0n) is 7.24. The highest BCUT2D eigenvalue weighted by atomic mass is 79.9. The average molecular weight is 262 g/mol. The molecule has 0 radical (unpaired) electrons. The maximum absolute atomic E-state index is 8.84. The summed E-state index contributed by atoms with van der Waals surface area (Å²) in [7, 11) is 0. The number of hydrogen-bond donors (Lipinski definition) is 1. The van der Waals surface area contributed by atoms with E-state index in [9.17, 15) is 0 Å². The number of thiophene rings is 1. The number of likely N-dealkylation sites (tertiary alicyclic amines) is 1. The Bertz CT molecular complexity index is 283. The lowest BCUT2D eigenvalue weighted by Gasteiger charge is -2.38.